The first-order chi connectivity index (χ1) is 10.1. The molecule has 0 aliphatic heterocycles. The van der Waals surface area contributed by atoms with Crippen LogP contribution in [0.1, 0.15) is 42.5 Å². The average Bonchev–Trinajstić information content (AvgIpc) is 2.99. The number of para-hydroxylation sites is 1. The second-order valence-electron chi connectivity index (χ2n) is 5.40. The highest BCUT2D eigenvalue weighted by molar-refractivity contribution is 6.01. The highest BCUT2D eigenvalue weighted by atomic mass is 16.6. The Morgan fingerprint density at radius 2 is 2.10 bits per heavy atom. The van der Waals surface area contributed by atoms with Crippen LogP contribution in [0.4, 0.5) is 11.4 Å². The fourth-order valence-corrected chi connectivity index (χ4v) is 2.93. The SMILES string of the molecule is CNc1c(C(=O)NCCC2CCCC2)cccc1[N+](=O)[O-]. The summed E-state index contributed by atoms with van der Waals surface area (Å²) in [6.07, 6.45) is 6.04. The van der Waals surface area contributed by atoms with Gasteiger partial charge in [-0.1, -0.05) is 31.7 Å². The summed E-state index contributed by atoms with van der Waals surface area (Å²) in [6, 6.07) is 4.52. The molecule has 0 bridgehead atoms. The second-order valence-corrected chi connectivity index (χ2v) is 5.40. The number of carbonyl (C=O) groups excluding carboxylic acids is 1. The Labute approximate surface area is 124 Å². The van der Waals surface area contributed by atoms with E-state index in [9.17, 15) is 14.9 Å². The number of nitro benzene ring substituents is 1. The number of amides is 1. The summed E-state index contributed by atoms with van der Waals surface area (Å²) in [7, 11) is 1.58. The molecule has 2 rings (SSSR count). The lowest BCUT2D eigenvalue weighted by atomic mass is 10.0. The minimum absolute atomic E-state index is 0.0825. The zero-order valence-corrected chi connectivity index (χ0v) is 12.2. The molecule has 2 N–H and O–H groups in total. The normalized spacial score (nSPS) is 14.9. The maximum absolute atomic E-state index is 12.2. The van der Waals surface area contributed by atoms with Crippen molar-refractivity contribution in [3.63, 3.8) is 0 Å². The van der Waals surface area contributed by atoms with Gasteiger partial charge in [0.2, 0.25) is 0 Å². The van der Waals surface area contributed by atoms with Crippen molar-refractivity contribution in [2.24, 2.45) is 5.92 Å². The minimum atomic E-state index is -0.485. The van der Waals surface area contributed by atoms with Crippen LogP contribution in [0, 0.1) is 16.0 Å². The number of hydrogen-bond donors (Lipinski definition) is 2. The molecule has 0 radical (unpaired) electrons. The van der Waals surface area contributed by atoms with Crippen molar-refractivity contribution < 1.29 is 9.72 Å². The van der Waals surface area contributed by atoms with Crippen molar-refractivity contribution in [1.29, 1.82) is 0 Å². The molecule has 1 amide bonds. The number of nitrogens with zero attached hydrogens (tertiary/aromatic N) is 1. The van der Waals surface area contributed by atoms with E-state index in [1.165, 1.54) is 37.8 Å². The summed E-state index contributed by atoms with van der Waals surface area (Å²) >= 11 is 0. The van der Waals surface area contributed by atoms with Crippen LogP contribution in [0.5, 0.6) is 0 Å². The highest BCUT2D eigenvalue weighted by Gasteiger charge is 2.21. The van der Waals surface area contributed by atoms with Gasteiger partial charge in [0.25, 0.3) is 11.6 Å². The molecule has 1 aliphatic carbocycles. The minimum Gasteiger partial charge on any atom is -0.382 e. The topological polar surface area (TPSA) is 84.3 Å². The van der Waals surface area contributed by atoms with Gasteiger partial charge in [-0.25, -0.2) is 0 Å². The number of nitro groups is 1. The van der Waals surface area contributed by atoms with E-state index in [1.54, 1.807) is 13.1 Å². The van der Waals surface area contributed by atoms with E-state index >= 15 is 0 Å². The van der Waals surface area contributed by atoms with Crippen LogP contribution in [0.2, 0.25) is 0 Å². The maximum atomic E-state index is 12.2. The summed E-state index contributed by atoms with van der Waals surface area (Å²) in [5.74, 6) is 0.445. The average molecular weight is 291 g/mol. The molecule has 0 spiro atoms. The quantitative estimate of drug-likeness (QED) is 0.623. The standard InChI is InChI=1S/C15H21N3O3/c1-16-14-12(7-4-8-13(14)18(20)21)15(19)17-10-9-11-5-2-3-6-11/h4,7-8,11,16H,2-3,5-6,9-10H2,1H3,(H,17,19). The predicted octanol–water partition coefficient (Wildman–Crippen LogP) is 2.95. The van der Waals surface area contributed by atoms with Gasteiger partial charge in [0.05, 0.1) is 10.5 Å². The first-order valence-electron chi connectivity index (χ1n) is 7.37. The van der Waals surface area contributed by atoms with E-state index in [0.717, 1.165) is 6.42 Å². The van der Waals surface area contributed by atoms with Crippen molar-refractivity contribution in [3.8, 4) is 0 Å². The fourth-order valence-electron chi connectivity index (χ4n) is 2.93. The van der Waals surface area contributed by atoms with E-state index in [4.69, 9.17) is 0 Å². The molecule has 6 heteroatoms. The maximum Gasteiger partial charge on any atom is 0.293 e. The van der Waals surface area contributed by atoms with E-state index < -0.39 is 4.92 Å². The van der Waals surface area contributed by atoms with Gasteiger partial charge in [-0.3, -0.25) is 14.9 Å². The third-order valence-electron chi connectivity index (χ3n) is 4.05. The number of benzene rings is 1. The molecule has 0 atom stereocenters. The lowest BCUT2D eigenvalue weighted by Crippen LogP contribution is -2.26. The third-order valence-corrected chi connectivity index (χ3v) is 4.05. The van der Waals surface area contributed by atoms with Crippen molar-refractivity contribution in [2.75, 3.05) is 18.9 Å². The van der Waals surface area contributed by atoms with Crippen LogP contribution in [0.3, 0.4) is 0 Å². The Balaban J connectivity index is 2.01. The molecule has 1 aliphatic rings. The molecule has 6 nitrogen and oxygen atoms in total. The van der Waals surface area contributed by atoms with E-state index in [1.807, 2.05) is 0 Å². The number of nitrogens with one attached hydrogen (secondary N) is 2. The summed E-state index contributed by atoms with van der Waals surface area (Å²) in [5, 5.41) is 16.6. The Hall–Kier alpha value is -2.11. The molecule has 114 valence electrons. The van der Waals surface area contributed by atoms with Gasteiger partial charge >= 0.3 is 0 Å². The molecule has 0 aromatic heterocycles. The summed E-state index contributed by atoms with van der Waals surface area (Å²) in [4.78, 5) is 22.7. The van der Waals surface area contributed by atoms with Crippen LogP contribution in [0.15, 0.2) is 18.2 Å². The molecule has 1 fully saturated rings. The molecule has 21 heavy (non-hydrogen) atoms. The molecule has 1 aromatic carbocycles. The van der Waals surface area contributed by atoms with Gasteiger partial charge in [0.1, 0.15) is 5.69 Å². The molecule has 0 heterocycles. The number of carbonyl (C=O) groups is 1. The van der Waals surface area contributed by atoms with Crippen LogP contribution < -0.4 is 10.6 Å². The molecule has 1 saturated carbocycles. The van der Waals surface area contributed by atoms with Gasteiger partial charge in [-0.05, 0) is 18.4 Å². The first kappa shape index (κ1) is 15.3. The van der Waals surface area contributed by atoms with Crippen molar-refractivity contribution in [1.82, 2.24) is 5.32 Å². The van der Waals surface area contributed by atoms with Crippen LogP contribution >= 0.6 is 0 Å². The fraction of sp³-hybridized carbons (Fsp3) is 0.533. The van der Waals surface area contributed by atoms with Crippen LogP contribution in [-0.4, -0.2) is 24.4 Å². The van der Waals surface area contributed by atoms with E-state index in [0.29, 0.717) is 18.0 Å². The Morgan fingerprint density at radius 1 is 1.38 bits per heavy atom. The Kier molecular flexibility index (Phi) is 5.14. The van der Waals surface area contributed by atoms with E-state index in [-0.39, 0.29) is 17.3 Å². The zero-order chi connectivity index (χ0) is 15.2. The Bertz CT molecular complexity index is 525. The van der Waals surface area contributed by atoms with Crippen LogP contribution in [-0.2, 0) is 0 Å². The van der Waals surface area contributed by atoms with Gasteiger partial charge in [-0.15, -0.1) is 0 Å². The lowest BCUT2D eigenvalue weighted by molar-refractivity contribution is -0.384. The van der Waals surface area contributed by atoms with E-state index in [2.05, 4.69) is 10.6 Å². The van der Waals surface area contributed by atoms with Crippen molar-refractivity contribution in [3.05, 3.63) is 33.9 Å². The lowest BCUT2D eigenvalue weighted by Gasteiger charge is -2.12. The Morgan fingerprint density at radius 3 is 2.71 bits per heavy atom. The molecular weight excluding hydrogens is 270 g/mol. The zero-order valence-electron chi connectivity index (χ0n) is 12.2. The summed E-state index contributed by atoms with van der Waals surface area (Å²) < 4.78 is 0. The molecule has 0 unspecified atom stereocenters. The van der Waals surface area contributed by atoms with Gasteiger partial charge in [0.15, 0.2) is 0 Å². The largest absolute Gasteiger partial charge is 0.382 e. The predicted molar refractivity (Wildman–Crippen MR) is 81.6 cm³/mol. The smallest absolute Gasteiger partial charge is 0.293 e. The number of rotatable bonds is 6. The first-order valence-corrected chi connectivity index (χ1v) is 7.37. The third kappa shape index (κ3) is 3.71. The summed E-state index contributed by atoms with van der Waals surface area (Å²) in [6.45, 7) is 0.620. The monoisotopic (exact) mass is 291 g/mol. The van der Waals surface area contributed by atoms with Gasteiger partial charge < -0.3 is 10.6 Å². The molecule has 0 saturated heterocycles. The van der Waals surface area contributed by atoms with Crippen LogP contribution in [0.25, 0.3) is 0 Å². The van der Waals surface area contributed by atoms with Gasteiger partial charge in [-0.2, -0.15) is 0 Å². The molecule has 1 aromatic rings. The second kappa shape index (κ2) is 7.06. The molecular formula is C15H21N3O3. The number of hydrogen-bond acceptors (Lipinski definition) is 4. The highest BCUT2D eigenvalue weighted by Crippen LogP contribution is 2.28. The van der Waals surface area contributed by atoms with Crippen molar-refractivity contribution >= 4 is 17.3 Å². The van der Waals surface area contributed by atoms with Gasteiger partial charge in [0, 0.05) is 19.7 Å². The number of anilines is 1. The summed E-state index contributed by atoms with van der Waals surface area (Å²) in [5.41, 5.74) is 0.500. The van der Waals surface area contributed by atoms with Crippen molar-refractivity contribution in [2.45, 2.75) is 32.1 Å².